The Morgan fingerprint density at radius 3 is 2.84 bits per heavy atom. The highest BCUT2D eigenvalue weighted by Crippen LogP contribution is 2.36. The van der Waals surface area contributed by atoms with Crippen molar-refractivity contribution in [3.8, 4) is 0 Å². The Hall–Kier alpha value is -1.47. The Bertz CT molecular complexity index is 506. The first kappa shape index (κ1) is 12.6. The van der Waals surface area contributed by atoms with Crippen LogP contribution in [0.3, 0.4) is 0 Å². The maximum Gasteiger partial charge on any atom is 0.255 e. The Kier molecular flexibility index (Phi) is 2.83. The van der Waals surface area contributed by atoms with Gasteiger partial charge in [-0.3, -0.25) is 4.79 Å². The molecule has 1 aromatic rings. The molecule has 2 aliphatic rings. The van der Waals surface area contributed by atoms with Gasteiger partial charge in [0.15, 0.2) is 0 Å². The van der Waals surface area contributed by atoms with Crippen LogP contribution in [0.1, 0.15) is 24.5 Å². The lowest BCUT2D eigenvalue weighted by Gasteiger charge is -2.46. The molecule has 1 aliphatic carbocycles. The maximum absolute atomic E-state index is 12.6. The summed E-state index contributed by atoms with van der Waals surface area (Å²) in [6.07, 6.45) is 1.20. The molecule has 104 valence electrons. The zero-order valence-electron chi connectivity index (χ0n) is 11.3. The van der Waals surface area contributed by atoms with Crippen molar-refractivity contribution in [3.05, 3.63) is 11.6 Å². The number of nitrogens with two attached hydrogens (primary N) is 1. The van der Waals surface area contributed by atoms with E-state index in [1.54, 1.807) is 12.0 Å². The van der Waals surface area contributed by atoms with E-state index in [0.29, 0.717) is 32.5 Å². The highest BCUT2D eigenvalue weighted by atomic mass is 16.5. The number of fused-ring (bicyclic) bond motifs is 1. The summed E-state index contributed by atoms with van der Waals surface area (Å²) in [5.41, 5.74) is 5.09. The molecule has 0 radical (unpaired) electrons. The SMILES string of the molecule is COC1(C(=O)N2CCn3nc(C)nc3C2)CC(N)C1. The minimum Gasteiger partial charge on any atom is -0.368 e. The largest absolute Gasteiger partial charge is 0.368 e. The third-order valence-electron chi connectivity index (χ3n) is 4.02. The van der Waals surface area contributed by atoms with E-state index >= 15 is 0 Å². The van der Waals surface area contributed by atoms with Gasteiger partial charge in [-0.05, 0) is 6.92 Å². The topological polar surface area (TPSA) is 86.3 Å². The number of aryl methyl sites for hydroxylation is 1. The monoisotopic (exact) mass is 265 g/mol. The Morgan fingerprint density at radius 2 is 2.21 bits per heavy atom. The van der Waals surface area contributed by atoms with Crippen molar-refractivity contribution in [1.29, 1.82) is 0 Å². The average Bonchev–Trinajstić information content (AvgIpc) is 2.72. The van der Waals surface area contributed by atoms with E-state index < -0.39 is 5.60 Å². The van der Waals surface area contributed by atoms with Crippen LogP contribution >= 0.6 is 0 Å². The van der Waals surface area contributed by atoms with Crippen molar-refractivity contribution in [1.82, 2.24) is 19.7 Å². The van der Waals surface area contributed by atoms with Crippen molar-refractivity contribution < 1.29 is 9.53 Å². The first-order valence-corrected chi connectivity index (χ1v) is 6.54. The zero-order valence-corrected chi connectivity index (χ0v) is 11.3. The number of aromatic nitrogens is 3. The molecule has 1 fully saturated rings. The van der Waals surface area contributed by atoms with Gasteiger partial charge in [0, 0.05) is 32.5 Å². The van der Waals surface area contributed by atoms with Crippen LogP contribution in [0.25, 0.3) is 0 Å². The molecule has 7 nitrogen and oxygen atoms in total. The van der Waals surface area contributed by atoms with Gasteiger partial charge in [-0.15, -0.1) is 0 Å². The quantitative estimate of drug-likeness (QED) is 0.774. The van der Waals surface area contributed by atoms with E-state index in [9.17, 15) is 4.79 Å². The van der Waals surface area contributed by atoms with Crippen LogP contribution in [0.2, 0.25) is 0 Å². The third-order valence-corrected chi connectivity index (χ3v) is 4.02. The number of ether oxygens (including phenoxy) is 1. The fraction of sp³-hybridized carbons (Fsp3) is 0.750. The highest BCUT2D eigenvalue weighted by Gasteiger charge is 2.51. The molecule has 3 rings (SSSR count). The van der Waals surface area contributed by atoms with Crippen molar-refractivity contribution >= 4 is 5.91 Å². The lowest BCUT2D eigenvalue weighted by Crippen LogP contribution is -2.62. The number of rotatable bonds is 2. The lowest BCUT2D eigenvalue weighted by molar-refractivity contribution is -0.169. The lowest BCUT2D eigenvalue weighted by atomic mass is 9.75. The molecular formula is C12H19N5O2. The predicted octanol–water partition coefficient (Wildman–Crippen LogP) is -0.565. The summed E-state index contributed by atoms with van der Waals surface area (Å²) in [5.74, 6) is 1.62. The molecule has 0 unspecified atom stereocenters. The first-order chi connectivity index (χ1) is 9.04. The molecule has 2 N–H and O–H groups in total. The fourth-order valence-corrected chi connectivity index (χ4v) is 2.94. The van der Waals surface area contributed by atoms with E-state index in [1.807, 2.05) is 11.6 Å². The number of hydrogen-bond acceptors (Lipinski definition) is 5. The summed E-state index contributed by atoms with van der Waals surface area (Å²) in [7, 11) is 1.58. The second-order valence-electron chi connectivity index (χ2n) is 5.39. The number of amides is 1. The summed E-state index contributed by atoms with van der Waals surface area (Å²) in [6, 6.07) is 0.0691. The van der Waals surface area contributed by atoms with Crippen LogP contribution < -0.4 is 5.73 Å². The summed E-state index contributed by atoms with van der Waals surface area (Å²) in [6.45, 7) is 3.70. The number of carbonyl (C=O) groups excluding carboxylic acids is 1. The van der Waals surface area contributed by atoms with Gasteiger partial charge in [-0.2, -0.15) is 5.10 Å². The van der Waals surface area contributed by atoms with E-state index in [-0.39, 0.29) is 11.9 Å². The Labute approximate surface area is 111 Å². The van der Waals surface area contributed by atoms with Crippen LogP contribution in [0.5, 0.6) is 0 Å². The molecule has 1 saturated carbocycles. The van der Waals surface area contributed by atoms with Crippen molar-refractivity contribution in [2.24, 2.45) is 5.73 Å². The van der Waals surface area contributed by atoms with E-state index in [2.05, 4.69) is 10.1 Å². The van der Waals surface area contributed by atoms with E-state index in [1.165, 1.54) is 0 Å². The third kappa shape index (κ3) is 1.93. The number of carbonyl (C=O) groups is 1. The van der Waals surface area contributed by atoms with E-state index in [0.717, 1.165) is 11.6 Å². The van der Waals surface area contributed by atoms with Gasteiger partial charge in [-0.1, -0.05) is 0 Å². The summed E-state index contributed by atoms with van der Waals surface area (Å²) in [4.78, 5) is 18.7. The number of methoxy groups -OCH3 is 1. The molecular weight excluding hydrogens is 246 g/mol. The van der Waals surface area contributed by atoms with Crippen LogP contribution in [-0.4, -0.2) is 50.9 Å². The van der Waals surface area contributed by atoms with Crippen LogP contribution in [0, 0.1) is 6.92 Å². The van der Waals surface area contributed by atoms with Crippen LogP contribution in [-0.2, 0) is 22.6 Å². The maximum atomic E-state index is 12.6. The smallest absolute Gasteiger partial charge is 0.255 e. The molecule has 0 spiro atoms. The highest BCUT2D eigenvalue weighted by molar-refractivity contribution is 5.86. The van der Waals surface area contributed by atoms with Crippen molar-refractivity contribution in [2.45, 2.75) is 44.5 Å². The molecule has 1 amide bonds. The second-order valence-corrected chi connectivity index (χ2v) is 5.39. The normalized spacial score (nSPS) is 29.8. The number of nitrogens with zero attached hydrogens (tertiary/aromatic N) is 4. The standard InChI is InChI=1S/C12H19N5O2/c1-8-14-10-7-16(3-4-17(10)15-8)11(18)12(19-2)5-9(13)6-12/h9H,3-7,13H2,1-2H3. The number of hydrogen-bond donors (Lipinski definition) is 1. The molecule has 1 aliphatic heterocycles. The molecule has 19 heavy (non-hydrogen) atoms. The van der Waals surface area contributed by atoms with Gasteiger partial charge in [0.05, 0.1) is 13.1 Å². The van der Waals surface area contributed by atoms with Gasteiger partial charge in [0.25, 0.3) is 5.91 Å². The summed E-state index contributed by atoms with van der Waals surface area (Å²) >= 11 is 0. The minimum atomic E-state index is -0.712. The fourth-order valence-electron chi connectivity index (χ4n) is 2.94. The van der Waals surface area contributed by atoms with Crippen LogP contribution in [0.15, 0.2) is 0 Å². The molecule has 1 aromatic heterocycles. The van der Waals surface area contributed by atoms with Gasteiger partial charge in [0.1, 0.15) is 17.2 Å². The van der Waals surface area contributed by atoms with Gasteiger partial charge in [-0.25, -0.2) is 9.67 Å². The molecule has 0 bridgehead atoms. The van der Waals surface area contributed by atoms with Gasteiger partial charge < -0.3 is 15.4 Å². The minimum absolute atomic E-state index is 0.0311. The Balaban J connectivity index is 1.76. The van der Waals surface area contributed by atoms with Crippen LogP contribution in [0.4, 0.5) is 0 Å². The molecule has 0 aromatic carbocycles. The Morgan fingerprint density at radius 1 is 1.47 bits per heavy atom. The summed E-state index contributed by atoms with van der Waals surface area (Å²) in [5, 5.41) is 4.29. The van der Waals surface area contributed by atoms with Crippen molar-refractivity contribution in [3.63, 3.8) is 0 Å². The van der Waals surface area contributed by atoms with Gasteiger partial charge >= 0.3 is 0 Å². The predicted molar refractivity (Wildman–Crippen MR) is 67.1 cm³/mol. The molecule has 2 heterocycles. The van der Waals surface area contributed by atoms with Crippen molar-refractivity contribution in [2.75, 3.05) is 13.7 Å². The molecule has 0 atom stereocenters. The molecule has 0 saturated heterocycles. The average molecular weight is 265 g/mol. The molecule has 7 heteroatoms. The second kappa shape index (κ2) is 4.28. The first-order valence-electron chi connectivity index (χ1n) is 6.54. The van der Waals surface area contributed by atoms with Gasteiger partial charge in [0.2, 0.25) is 0 Å². The zero-order chi connectivity index (χ0) is 13.6. The summed E-state index contributed by atoms with van der Waals surface area (Å²) < 4.78 is 7.30. The van der Waals surface area contributed by atoms with E-state index in [4.69, 9.17) is 10.5 Å².